The lowest BCUT2D eigenvalue weighted by molar-refractivity contribution is 0.333. The first kappa shape index (κ1) is 21.2. The molecule has 2 aromatic carbocycles. The molecule has 1 aliphatic heterocycles. The Labute approximate surface area is 183 Å². The van der Waals surface area contributed by atoms with E-state index in [1.165, 1.54) is 12.1 Å². The predicted molar refractivity (Wildman–Crippen MR) is 117 cm³/mol. The predicted octanol–water partition coefficient (Wildman–Crippen LogP) is 5.26. The minimum atomic E-state index is -0.930. The van der Waals surface area contributed by atoms with E-state index in [0.29, 0.717) is 35.2 Å². The topological polar surface area (TPSA) is 63.8 Å². The number of allylic oxidation sites excluding steroid dienone is 1. The van der Waals surface area contributed by atoms with Gasteiger partial charge < -0.3 is 14.2 Å². The summed E-state index contributed by atoms with van der Waals surface area (Å²) in [6, 6.07) is 11.3. The molecule has 0 amide bonds. The van der Waals surface area contributed by atoms with Crippen molar-refractivity contribution in [3.05, 3.63) is 102 Å². The molecule has 3 aromatic rings. The fourth-order valence-corrected chi connectivity index (χ4v) is 3.11. The van der Waals surface area contributed by atoms with E-state index in [4.69, 9.17) is 9.26 Å². The molecule has 0 atom stereocenters. The maximum absolute atomic E-state index is 14.1. The smallest absolute Gasteiger partial charge is 0.246 e. The van der Waals surface area contributed by atoms with Crippen molar-refractivity contribution in [2.24, 2.45) is 4.99 Å². The highest BCUT2D eigenvalue weighted by atomic mass is 19.2. The third-order valence-electron chi connectivity index (χ3n) is 4.85. The summed E-state index contributed by atoms with van der Waals surface area (Å²) >= 11 is 0. The second kappa shape index (κ2) is 8.97. The van der Waals surface area contributed by atoms with E-state index in [9.17, 15) is 8.78 Å². The molecule has 0 fully saturated rings. The van der Waals surface area contributed by atoms with Gasteiger partial charge in [0.05, 0.1) is 12.8 Å². The van der Waals surface area contributed by atoms with E-state index in [1.807, 2.05) is 24.3 Å². The third kappa shape index (κ3) is 4.49. The van der Waals surface area contributed by atoms with E-state index in [0.717, 1.165) is 17.4 Å². The molecule has 1 aromatic heterocycles. The minimum absolute atomic E-state index is 0.0980. The van der Waals surface area contributed by atoms with Crippen molar-refractivity contribution in [1.29, 1.82) is 0 Å². The standard InChI is InChI=1S/C24H20F2N4O2/c1-15-11-12-30(13-21(15)27-16(2)19-5-4-6-20(25)23(19)26)14-22-28-24(29-32-22)17-7-9-18(31-3)10-8-17/h4-13H,1,14H2,2-3H3/b27-16+. The Balaban J connectivity index is 1.52. The van der Waals surface area contributed by atoms with E-state index in [1.54, 1.807) is 37.4 Å². The summed E-state index contributed by atoms with van der Waals surface area (Å²) in [5, 5.41) is 4.03. The highest BCUT2D eigenvalue weighted by molar-refractivity contribution is 5.99. The van der Waals surface area contributed by atoms with E-state index in [-0.39, 0.29) is 5.56 Å². The van der Waals surface area contributed by atoms with Crippen LogP contribution >= 0.6 is 0 Å². The van der Waals surface area contributed by atoms with E-state index < -0.39 is 11.6 Å². The summed E-state index contributed by atoms with van der Waals surface area (Å²) in [6.45, 7) is 5.89. The highest BCUT2D eigenvalue weighted by Crippen LogP contribution is 2.23. The van der Waals surface area contributed by atoms with Gasteiger partial charge in [0.1, 0.15) is 12.3 Å². The van der Waals surface area contributed by atoms with Gasteiger partial charge in [-0.05, 0) is 55.0 Å². The first-order chi connectivity index (χ1) is 15.4. The van der Waals surface area contributed by atoms with Crippen molar-refractivity contribution in [2.45, 2.75) is 13.5 Å². The molecule has 162 valence electrons. The van der Waals surface area contributed by atoms with Gasteiger partial charge in [-0.25, -0.2) is 8.78 Å². The largest absolute Gasteiger partial charge is 0.497 e. The number of benzene rings is 2. The second-order valence-corrected chi connectivity index (χ2v) is 7.07. The van der Waals surface area contributed by atoms with Crippen LogP contribution in [0.3, 0.4) is 0 Å². The van der Waals surface area contributed by atoms with E-state index in [2.05, 4.69) is 21.7 Å². The molecule has 0 aliphatic carbocycles. The fourth-order valence-electron chi connectivity index (χ4n) is 3.11. The first-order valence-corrected chi connectivity index (χ1v) is 9.76. The van der Waals surface area contributed by atoms with Crippen LogP contribution in [0, 0.1) is 11.6 Å². The molecular weight excluding hydrogens is 414 g/mol. The normalized spacial score (nSPS) is 14.0. The lowest BCUT2D eigenvalue weighted by atomic mass is 10.1. The SMILES string of the molecule is C=C1C=CN(Cc2nc(-c3ccc(OC)cc3)no2)C=C1/N=C(\C)c1cccc(F)c1F. The van der Waals surface area contributed by atoms with Crippen molar-refractivity contribution < 1.29 is 18.0 Å². The van der Waals surface area contributed by atoms with Gasteiger partial charge in [0.15, 0.2) is 11.6 Å². The van der Waals surface area contributed by atoms with Gasteiger partial charge in [0.2, 0.25) is 11.7 Å². The summed E-state index contributed by atoms with van der Waals surface area (Å²) in [5.74, 6) is -0.241. The molecule has 0 spiro atoms. The summed E-state index contributed by atoms with van der Waals surface area (Å²) in [4.78, 5) is 10.7. The number of aliphatic imine (C=N–C) groups is 1. The van der Waals surface area contributed by atoms with Gasteiger partial charge in [0.25, 0.3) is 0 Å². The zero-order chi connectivity index (χ0) is 22.7. The zero-order valence-electron chi connectivity index (χ0n) is 17.5. The molecule has 4 rings (SSSR count). The Bertz CT molecular complexity index is 1240. The van der Waals surface area contributed by atoms with Crippen LogP contribution in [0.15, 0.2) is 88.3 Å². The molecule has 8 heteroatoms. The van der Waals surface area contributed by atoms with Crippen LogP contribution < -0.4 is 4.74 Å². The Morgan fingerprint density at radius 2 is 1.97 bits per heavy atom. The number of hydrogen-bond donors (Lipinski definition) is 0. The van der Waals surface area contributed by atoms with Crippen molar-refractivity contribution >= 4 is 5.71 Å². The van der Waals surface area contributed by atoms with Gasteiger partial charge in [-0.15, -0.1) is 0 Å². The molecule has 0 saturated heterocycles. The average Bonchev–Trinajstić information content (AvgIpc) is 3.26. The summed E-state index contributed by atoms with van der Waals surface area (Å²) in [5.41, 5.74) is 2.40. The molecule has 6 nitrogen and oxygen atoms in total. The molecule has 0 radical (unpaired) electrons. The molecule has 0 saturated carbocycles. The number of nitrogens with zero attached hydrogens (tertiary/aromatic N) is 4. The van der Waals surface area contributed by atoms with Crippen molar-refractivity contribution in [3.8, 4) is 17.1 Å². The monoisotopic (exact) mass is 434 g/mol. The minimum Gasteiger partial charge on any atom is -0.497 e. The van der Waals surface area contributed by atoms with Crippen LogP contribution in [0.25, 0.3) is 11.4 Å². The molecular formula is C24H20F2N4O2. The van der Waals surface area contributed by atoms with Crippen LogP contribution in [0.4, 0.5) is 8.78 Å². The lowest BCUT2D eigenvalue weighted by Gasteiger charge is -2.19. The molecule has 2 heterocycles. The van der Waals surface area contributed by atoms with Gasteiger partial charge in [0, 0.05) is 29.2 Å². The Morgan fingerprint density at radius 1 is 1.19 bits per heavy atom. The summed E-state index contributed by atoms with van der Waals surface area (Å²) in [7, 11) is 1.60. The zero-order valence-corrected chi connectivity index (χ0v) is 17.5. The average molecular weight is 434 g/mol. The van der Waals surface area contributed by atoms with Gasteiger partial charge >= 0.3 is 0 Å². The van der Waals surface area contributed by atoms with Crippen molar-refractivity contribution in [2.75, 3.05) is 7.11 Å². The number of methoxy groups -OCH3 is 1. The maximum atomic E-state index is 14.1. The molecule has 0 unspecified atom stereocenters. The number of rotatable bonds is 6. The molecule has 32 heavy (non-hydrogen) atoms. The van der Waals surface area contributed by atoms with Gasteiger partial charge in [-0.1, -0.05) is 17.8 Å². The maximum Gasteiger partial charge on any atom is 0.246 e. The number of hydrogen-bond acceptors (Lipinski definition) is 6. The summed E-state index contributed by atoms with van der Waals surface area (Å²) in [6.07, 6.45) is 5.31. The van der Waals surface area contributed by atoms with Gasteiger partial charge in [-0.2, -0.15) is 4.98 Å². The number of halogens is 2. The van der Waals surface area contributed by atoms with Crippen LogP contribution in [0.1, 0.15) is 18.4 Å². The quantitative estimate of drug-likeness (QED) is 0.495. The molecule has 0 bridgehead atoms. The number of ether oxygens (including phenoxy) is 1. The Kier molecular flexibility index (Phi) is 5.93. The van der Waals surface area contributed by atoms with Crippen molar-refractivity contribution in [1.82, 2.24) is 15.0 Å². The number of aromatic nitrogens is 2. The van der Waals surface area contributed by atoms with Crippen LogP contribution in [-0.2, 0) is 6.54 Å². The van der Waals surface area contributed by atoms with Crippen LogP contribution in [-0.4, -0.2) is 27.9 Å². The Hall–Kier alpha value is -4.07. The lowest BCUT2D eigenvalue weighted by Crippen LogP contribution is -2.14. The first-order valence-electron chi connectivity index (χ1n) is 9.76. The van der Waals surface area contributed by atoms with E-state index >= 15 is 0 Å². The fraction of sp³-hybridized carbons (Fsp3) is 0.125. The molecule has 1 aliphatic rings. The molecule has 0 N–H and O–H groups in total. The van der Waals surface area contributed by atoms with Crippen LogP contribution in [0.5, 0.6) is 5.75 Å². The Morgan fingerprint density at radius 3 is 2.72 bits per heavy atom. The second-order valence-electron chi connectivity index (χ2n) is 7.07. The third-order valence-corrected chi connectivity index (χ3v) is 4.85. The highest BCUT2D eigenvalue weighted by Gasteiger charge is 2.16. The van der Waals surface area contributed by atoms with Crippen LogP contribution in [0.2, 0.25) is 0 Å². The van der Waals surface area contributed by atoms with Gasteiger partial charge in [-0.3, -0.25) is 4.99 Å². The van der Waals surface area contributed by atoms with Crippen molar-refractivity contribution in [3.63, 3.8) is 0 Å². The summed E-state index contributed by atoms with van der Waals surface area (Å²) < 4.78 is 38.2.